The molecule has 0 spiro atoms. The number of hydrogen-bond donors (Lipinski definition) is 3. The molecule has 1 saturated heterocycles. The monoisotopic (exact) mass is 626 g/mol. The van der Waals surface area contributed by atoms with E-state index in [0.29, 0.717) is 41.2 Å². The molecule has 11 heteroatoms. The number of benzene rings is 2. The summed E-state index contributed by atoms with van der Waals surface area (Å²) in [5, 5.41) is 14.0. The number of aryl methyl sites for hydroxylation is 1. The smallest absolute Gasteiger partial charge is 0.279 e. The van der Waals surface area contributed by atoms with Crippen LogP contribution >= 0.6 is 11.6 Å². The number of nitrogens with one attached hydrogen (secondary N) is 3. The number of pyridine rings is 1. The van der Waals surface area contributed by atoms with Crippen LogP contribution < -0.4 is 26.2 Å². The Hall–Kier alpha value is -4.54. The molecule has 10 nitrogen and oxygen atoms in total. The minimum atomic E-state index is -0.512. The van der Waals surface area contributed by atoms with Crippen molar-refractivity contribution in [1.82, 2.24) is 25.4 Å². The van der Waals surface area contributed by atoms with E-state index in [2.05, 4.69) is 34.0 Å². The number of rotatable bonds is 8. The van der Waals surface area contributed by atoms with Crippen LogP contribution in [0.1, 0.15) is 52.9 Å². The first-order valence-corrected chi connectivity index (χ1v) is 15.4. The summed E-state index contributed by atoms with van der Waals surface area (Å²) in [6, 6.07) is 15.1. The van der Waals surface area contributed by atoms with Gasteiger partial charge in [0.25, 0.3) is 11.5 Å². The predicted octanol–water partition coefficient (Wildman–Crippen LogP) is 4.83. The molecular formula is C34H35ClN6O4. The van der Waals surface area contributed by atoms with Gasteiger partial charge in [-0.2, -0.15) is 5.10 Å². The van der Waals surface area contributed by atoms with Gasteiger partial charge in [-0.1, -0.05) is 48.9 Å². The molecule has 2 aromatic carbocycles. The Bertz CT molecular complexity index is 1870. The van der Waals surface area contributed by atoms with E-state index in [0.717, 1.165) is 50.9 Å². The van der Waals surface area contributed by atoms with Crippen molar-refractivity contribution >= 4 is 29.1 Å². The van der Waals surface area contributed by atoms with Crippen LogP contribution in [-0.2, 0) is 18.3 Å². The molecule has 1 aliphatic heterocycles. The molecule has 3 N–H and O–H groups in total. The maximum atomic E-state index is 13.0. The summed E-state index contributed by atoms with van der Waals surface area (Å²) in [4.78, 5) is 42.0. The van der Waals surface area contributed by atoms with Gasteiger partial charge in [0, 0.05) is 60.7 Å². The normalized spacial score (nSPS) is 18.9. The first-order valence-electron chi connectivity index (χ1n) is 15.0. The van der Waals surface area contributed by atoms with Gasteiger partial charge in [0.15, 0.2) is 0 Å². The Balaban J connectivity index is 1.30. The summed E-state index contributed by atoms with van der Waals surface area (Å²) in [6.07, 6.45) is 3.68. The summed E-state index contributed by atoms with van der Waals surface area (Å²) < 4.78 is 6.96. The number of methoxy groups -OCH3 is 1. The second-order valence-corrected chi connectivity index (χ2v) is 12.1. The summed E-state index contributed by atoms with van der Waals surface area (Å²) in [6.45, 7) is 4.80. The number of amides is 2. The summed E-state index contributed by atoms with van der Waals surface area (Å²) in [5.41, 5.74) is 6.21. The van der Waals surface area contributed by atoms with E-state index in [1.54, 1.807) is 13.2 Å². The number of halogens is 1. The first-order chi connectivity index (χ1) is 21.7. The average Bonchev–Trinajstić information content (AvgIpc) is 3.59. The van der Waals surface area contributed by atoms with E-state index in [-0.39, 0.29) is 23.6 Å². The second kappa shape index (κ2) is 12.5. The lowest BCUT2D eigenvalue weighted by atomic mass is 9.96. The van der Waals surface area contributed by atoms with Gasteiger partial charge in [-0.15, -0.1) is 0 Å². The van der Waals surface area contributed by atoms with E-state index in [1.807, 2.05) is 37.3 Å². The van der Waals surface area contributed by atoms with Crippen LogP contribution in [0.5, 0.6) is 5.88 Å². The van der Waals surface area contributed by atoms with Gasteiger partial charge < -0.3 is 20.7 Å². The Morgan fingerprint density at radius 3 is 2.64 bits per heavy atom. The fourth-order valence-corrected chi connectivity index (χ4v) is 6.72. The maximum absolute atomic E-state index is 13.0. The highest BCUT2D eigenvalue weighted by molar-refractivity contribution is 6.36. The lowest BCUT2D eigenvalue weighted by Gasteiger charge is -2.22. The average molecular weight is 627 g/mol. The van der Waals surface area contributed by atoms with Crippen molar-refractivity contribution in [2.45, 2.75) is 45.2 Å². The number of aromatic nitrogens is 3. The number of nitrogens with zero attached hydrogens (tertiary/aromatic N) is 3. The van der Waals surface area contributed by atoms with Crippen LogP contribution in [0.2, 0.25) is 5.02 Å². The van der Waals surface area contributed by atoms with Gasteiger partial charge >= 0.3 is 0 Å². The third kappa shape index (κ3) is 5.83. The Morgan fingerprint density at radius 1 is 1.13 bits per heavy atom. The molecule has 3 heterocycles. The lowest BCUT2D eigenvalue weighted by molar-refractivity contribution is -0.119. The molecule has 0 radical (unpaired) electrons. The van der Waals surface area contributed by atoms with Crippen molar-refractivity contribution in [1.29, 1.82) is 0 Å². The Morgan fingerprint density at radius 2 is 1.89 bits per heavy atom. The minimum absolute atomic E-state index is 0.00558. The molecule has 0 saturated carbocycles. The van der Waals surface area contributed by atoms with E-state index >= 15 is 0 Å². The van der Waals surface area contributed by atoms with E-state index < -0.39 is 11.5 Å². The zero-order valence-corrected chi connectivity index (χ0v) is 26.4. The molecule has 232 valence electrons. The van der Waals surface area contributed by atoms with Crippen molar-refractivity contribution in [3.8, 4) is 28.3 Å². The van der Waals surface area contributed by atoms with Gasteiger partial charge in [-0.05, 0) is 60.6 Å². The molecule has 0 unspecified atom stereocenters. The lowest BCUT2D eigenvalue weighted by Crippen LogP contribution is -2.38. The van der Waals surface area contributed by atoms with Crippen LogP contribution in [0.25, 0.3) is 22.4 Å². The number of hydrogen-bond acceptors (Lipinski definition) is 7. The molecule has 6 rings (SSSR count). The van der Waals surface area contributed by atoms with Crippen molar-refractivity contribution in [3.63, 3.8) is 0 Å². The van der Waals surface area contributed by atoms with Gasteiger partial charge in [0.1, 0.15) is 5.56 Å². The van der Waals surface area contributed by atoms with Gasteiger partial charge in [-0.3, -0.25) is 14.4 Å². The topological polar surface area (TPSA) is 127 Å². The van der Waals surface area contributed by atoms with Gasteiger partial charge in [0.05, 0.1) is 17.8 Å². The quantitative estimate of drug-likeness (QED) is 0.256. The van der Waals surface area contributed by atoms with E-state index in [4.69, 9.17) is 21.3 Å². The number of ether oxygens (including phenoxy) is 1. The fraction of sp³-hybridized carbons (Fsp3) is 0.324. The first kappa shape index (κ1) is 30.5. The van der Waals surface area contributed by atoms with E-state index in [1.165, 1.54) is 19.3 Å². The highest BCUT2D eigenvalue weighted by Crippen LogP contribution is 2.44. The number of carbonyl (C=O) groups excluding carboxylic acids is 2. The minimum Gasteiger partial charge on any atom is -0.481 e. The third-order valence-corrected chi connectivity index (χ3v) is 9.20. The standard InChI is InChI=1S/C34H35ClN6O4/c1-18-15-20-16-27(40-33(45-4)29(20)31(18)36-17-21-11-12-28(42)38-21)24-9-5-8-23(30(24)35)22-7-6-10-26(19(22)2)39-32(43)25-13-14-37-41(3)34(25)44/h5-10,13-14,16,18,21,31,36H,11-12,15,17H2,1-4H3,(H,38,42)(H,39,43)/t18-,21-,31-/m0/s1. The number of carbonyl (C=O) groups is 2. The molecule has 3 atom stereocenters. The third-order valence-electron chi connectivity index (χ3n) is 8.79. The van der Waals surface area contributed by atoms with Crippen molar-refractivity contribution in [2.24, 2.45) is 13.0 Å². The van der Waals surface area contributed by atoms with Crippen LogP contribution in [0, 0.1) is 12.8 Å². The highest BCUT2D eigenvalue weighted by atomic mass is 35.5. The second-order valence-electron chi connectivity index (χ2n) is 11.7. The van der Waals surface area contributed by atoms with Crippen molar-refractivity contribution < 1.29 is 14.3 Å². The molecule has 1 fully saturated rings. The van der Waals surface area contributed by atoms with Crippen LogP contribution in [0.15, 0.2) is 59.5 Å². The zero-order chi connectivity index (χ0) is 31.8. The number of fused-ring (bicyclic) bond motifs is 1. The van der Waals surface area contributed by atoms with Crippen LogP contribution in [0.3, 0.4) is 0 Å². The number of anilines is 1. The molecule has 2 amide bonds. The maximum Gasteiger partial charge on any atom is 0.279 e. The molecular weight excluding hydrogens is 592 g/mol. The van der Waals surface area contributed by atoms with Gasteiger partial charge in [-0.25, -0.2) is 9.67 Å². The van der Waals surface area contributed by atoms with Crippen LogP contribution in [-0.4, -0.2) is 46.3 Å². The Kier molecular flexibility index (Phi) is 8.44. The Labute approximate surface area is 266 Å². The summed E-state index contributed by atoms with van der Waals surface area (Å²) >= 11 is 7.11. The zero-order valence-electron chi connectivity index (χ0n) is 25.6. The van der Waals surface area contributed by atoms with E-state index in [9.17, 15) is 14.4 Å². The largest absolute Gasteiger partial charge is 0.481 e. The molecule has 4 aromatic rings. The highest BCUT2D eigenvalue weighted by Gasteiger charge is 2.35. The van der Waals surface area contributed by atoms with Crippen molar-refractivity contribution in [3.05, 3.63) is 92.4 Å². The molecule has 1 aliphatic carbocycles. The van der Waals surface area contributed by atoms with Crippen LogP contribution in [0.4, 0.5) is 5.69 Å². The van der Waals surface area contributed by atoms with Crippen molar-refractivity contribution in [2.75, 3.05) is 19.0 Å². The fourth-order valence-electron chi connectivity index (χ4n) is 6.40. The van der Waals surface area contributed by atoms with Gasteiger partial charge in [0.2, 0.25) is 11.8 Å². The predicted molar refractivity (Wildman–Crippen MR) is 174 cm³/mol. The summed E-state index contributed by atoms with van der Waals surface area (Å²) in [7, 11) is 3.13. The molecule has 2 aromatic heterocycles. The molecule has 2 aliphatic rings. The SMILES string of the molecule is COc1nc(-c2cccc(-c3cccc(NC(=O)c4ccnn(C)c4=O)c3C)c2Cl)cc2c1[C@@H](NC[C@@H]1CCC(=O)N1)[C@@H](C)C2. The summed E-state index contributed by atoms with van der Waals surface area (Å²) in [5.74, 6) is 0.471. The molecule has 45 heavy (non-hydrogen) atoms. The molecule has 0 bridgehead atoms.